The number of rotatable bonds is 9. The van der Waals surface area contributed by atoms with Crippen molar-refractivity contribution in [2.75, 3.05) is 13.7 Å². The first-order valence-corrected chi connectivity index (χ1v) is 10.9. The third-order valence-corrected chi connectivity index (χ3v) is 4.84. The highest BCUT2D eigenvalue weighted by molar-refractivity contribution is 5.69. The number of benzene rings is 1. The molecule has 35 heavy (non-hydrogen) atoms. The Kier molecular flexibility index (Phi) is 10.5. The summed E-state index contributed by atoms with van der Waals surface area (Å²) in [4.78, 5) is 46.8. The average Bonchev–Trinajstić information content (AvgIpc) is 2.78. The number of hydrogen-bond donors (Lipinski definition) is 0. The monoisotopic (exact) mass is 490 g/mol. The maximum atomic E-state index is 11.8. The molecular formula is C25H30O10. The van der Waals surface area contributed by atoms with Gasteiger partial charge in [-0.1, -0.05) is 36.4 Å². The third-order valence-electron chi connectivity index (χ3n) is 4.84. The minimum absolute atomic E-state index is 0.274. The normalized spacial score (nSPS) is 24.1. The molecule has 0 unspecified atom stereocenters. The van der Waals surface area contributed by atoms with Crippen molar-refractivity contribution in [2.45, 2.75) is 58.2 Å². The van der Waals surface area contributed by atoms with E-state index in [1.165, 1.54) is 27.7 Å². The Labute approximate surface area is 203 Å². The minimum atomic E-state index is -1.20. The van der Waals surface area contributed by atoms with Gasteiger partial charge in [-0.15, -0.1) is 0 Å². The van der Waals surface area contributed by atoms with Crippen LogP contribution in [0.3, 0.4) is 0 Å². The molecule has 190 valence electrons. The minimum Gasteiger partial charge on any atom is -0.497 e. The zero-order chi connectivity index (χ0) is 26.0. The highest BCUT2D eigenvalue weighted by Gasteiger charge is 2.51. The molecule has 0 bridgehead atoms. The Morgan fingerprint density at radius 3 is 1.91 bits per heavy atom. The van der Waals surface area contributed by atoms with Crippen molar-refractivity contribution in [3.63, 3.8) is 0 Å². The number of methoxy groups -OCH3 is 1. The highest BCUT2D eigenvalue weighted by Crippen LogP contribution is 2.30. The van der Waals surface area contributed by atoms with Crippen LogP contribution < -0.4 is 4.74 Å². The van der Waals surface area contributed by atoms with E-state index < -0.39 is 54.4 Å². The molecule has 5 atom stereocenters. The summed E-state index contributed by atoms with van der Waals surface area (Å²) in [5, 5.41) is 0. The van der Waals surface area contributed by atoms with Crippen molar-refractivity contribution in [1.29, 1.82) is 0 Å². The van der Waals surface area contributed by atoms with Gasteiger partial charge in [0, 0.05) is 27.7 Å². The lowest BCUT2D eigenvalue weighted by molar-refractivity contribution is -0.244. The highest BCUT2D eigenvalue weighted by atomic mass is 16.7. The van der Waals surface area contributed by atoms with Crippen molar-refractivity contribution in [1.82, 2.24) is 0 Å². The average molecular weight is 491 g/mol. The topological polar surface area (TPSA) is 124 Å². The first kappa shape index (κ1) is 27.6. The zero-order valence-corrected chi connectivity index (χ0v) is 20.3. The van der Waals surface area contributed by atoms with Crippen LogP contribution in [0.15, 0.2) is 42.5 Å². The van der Waals surface area contributed by atoms with Gasteiger partial charge in [0.15, 0.2) is 18.3 Å². The summed E-state index contributed by atoms with van der Waals surface area (Å²) < 4.78 is 32.4. The number of hydrogen-bond acceptors (Lipinski definition) is 10. The van der Waals surface area contributed by atoms with Crippen LogP contribution in [-0.2, 0) is 42.9 Å². The molecule has 2 rings (SSSR count). The largest absolute Gasteiger partial charge is 0.497 e. The first-order chi connectivity index (χ1) is 16.6. The molecule has 10 heteroatoms. The number of carbonyl (C=O) groups is 4. The van der Waals surface area contributed by atoms with Crippen LogP contribution in [0.2, 0.25) is 0 Å². The predicted octanol–water partition coefficient (Wildman–Crippen LogP) is 2.39. The zero-order valence-electron chi connectivity index (χ0n) is 20.3. The van der Waals surface area contributed by atoms with Gasteiger partial charge in [0.2, 0.25) is 0 Å². The molecule has 0 amide bonds. The van der Waals surface area contributed by atoms with Crippen LogP contribution in [-0.4, -0.2) is 68.1 Å². The van der Waals surface area contributed by atoms with E-state index in [4.69, 9.17) is 28.4 Å². The Balaban J connectivity index is 2.34. The van der Waals surface area contributed by atoms with Gasteiger partial charge in [-0.2, -0.15) is 0 Å². The van der Waals surface area contributed by atoms with Gasteiger partial charge in [-0.05, 0) is 17.7 Å². The van der Waals surface area contributed by atoms with E-state index >= 15 is 0 Å². The van der Waals surface area contributed by atoms with E-state index in [-0.39, 0.29) is 6.61 Å². The van der Waals surface area contributed by atoms with Crippen LogP contribution in [0.1, 0.15) is 33.3 Å². The maximum Gasteiger partial charge on any atom is 0.303 e. The summed E-state index contributed by atoms with van der Waals surface area (Å²) in [5.74, 6) is -1.85. The molecule has 0 radical (unpaired) electrons. The van der Waals surface area contributed by atoms with E-state index in [1.54, 1.807) is 25.3 Å². The lowest BCUT2D eigenvalue weighted by Gasteiger charge is -2.43. The van der Waals surface area contributed by atoms with Crippen molar-refractivity contribution in [3.05, 3.63) is 48.1 Å². The first-order valence-electron chi connectivity index (χ1n) is 10.9. The summed E-state index contributed by atoms with van der Waals surface area (Å²) >= 11 is 0. The molecule has 1 aromatic carbocycles. The fourth-order valence-corrected chi connectivity index (χ4v) is 3.47. The van der Waals surface area contributed by atoms with E-state index in [1.807, 2.05) is 30.3 Å². The van der Waals surface area contributed by atoms with Gasteiger partial charge in [0.1, 0.15) is 24.6 Å². The Morgan fingerprint density at radius 1 is 0.800 bits per heavy atom. The molecule has 0 aliphatic carbocycles. The molecule has 0 aromatic heterocycles. The maximum absolute atomic E-state index is 11.8. The Bertz CT molecular complexity index is 949. The third kappa shape index (κ3) is 8.90. The summed E-state index contributed by atoms with van der Waals surface area (Å²) in [6.07, 6.45) is 1.46. The van der Waals surface area contributed by atoms with E-state index in [2.05, 4.69) is 0 Å². The molecule has 0 N–H and O–H groups in total. The number of carbonyl (C=O) groups excluding carboxylic acids is 4. The van der Waals surface area contributed by atoms with Crippen LogP contribution in [0.25, 0.3) is 6.08 Å². The van der Waals surface area contributed by atoms with Crippen LogP contribution in [0, 0.1) is 0 Å². The molecule has 1 aliphatic rings. The second-order valence-corrected chi connectivity index (χ2v) is 7.68. The molecular weight excluding hydrogens is 460 g/mol. The van der Waals surface area contributed by atoms with Gasteiger partial charge in [0.05, 0.1) is 7.11 Å². The molecule has 1 heterocycles. The lowest BCUT2D eigenvalue weighted by atomic mass is 9.93. The second kappa shape index (κ2) is 13.3. The Hall–Kier alpha value is -3.66. The van der Waals surface area contributed by atoms with E-state index in [0.717, 1.165) is 11.3 Å². The molecule has 1 saturated heterocycles. The molecule has 1 aliphatic heterocycles. The van der Waals surface area contributed by atoms with E-state index in [0.29, 0.717) is 0 Å². The standard InChI is InChI=1S/C25H30O10/c1-15(26)31-14-22-24(33-17(3)28)25(34-18(4)29)23(32-16(2)27)21(35-22)9-7-6-8-19-10-12-20(30-5)13-11-19/h6-13,21-25H,14H2,1-5H3/b8-6+,9-7+/t21-,22+,23+,24+,25+/m0/s1. The molecule has 1 fully saturated rings. The molecule has 0 spiro atoms. The second-order valence-electron chi connectivity index (χ2n) is 7.68. The summed E-state index contributed by atoms with van der Waals surface area (Å²) in [6, 6.07) is 7.39. The van der Waals surface area contributed by atoms with Gasteiger partial charge in [-0.25, -0.2) is 0 Å². The van der Waals surface area contributed by atoms with Crippen LogP contribution in [0.5, 0.6) is 5.75 Å². The molecule has 1 aromatic rings. The quantitative estimate of drug-likeness (QED) is 0.289. The van der Waals surface area contributed by atoms with Gasteiger partial charge < -0.3 is 28.4 Å². The lowest BCUT2D eigenvalue weighted by Crippen LogP contribution is -2.61. The van der Waals surface area contributed by atoms with Crippen molar-refractivity contribution in [3.8, 4) is 5.75 Å². The summed E-state index contributed by atoms with van der Waals surface area (Å²) in [7, 11) is 1.58. The number of allylic oxidation sites excluding steroid dienone is 2. The van der Waals surface area contributed by atoms with Gasteiger partial charge in [-0.3, -0.25) is 19.2 Å². The molecule has 10 nitrogen and oxygen atoms in total. The predicted molar refractivity (Wildman–Crippen MR) is 123 cm³/mol. The van der Waals surface area contributed by atoms with Crippen LogP contribution >= 0.6 is 0 Å². The summed E-state index contributed by atoms with van der Waals surface area (Å²) in [5.41, 5.74) is 0.914. The van der Waals surface area contributed by atoms with Gasteiger partial charge >= 0.3 is 23.9 Å². The molecule has 0 saturated carbocycles. The fourth-order valence-electron chi connectivity index (χ4n) is 3.47. The van der Waals surface area contributed by atoms with Gasteiger partial charge in [0.25, 0.3) is 0 Å². The smallest absolute Gasteiger partial charge is 0.303 e. The number of esters is 4. The fraction of sp³-hybridized carbons (Fsp3) is 0.440. The van der Waals surface area contributed by atoms with Crippen molar-refractivity contribution in [2.24, 2.45) is 0 Å². The van der Waals surface area contributed by atoms with E-state index in [9.17, 15) is 19.2 Å². The van der Waals surface area contributed by atoms with Crippen LogP contribution in [0.4, 0.5) is 0 Å². The Morgan fingerprint density at radius 2 is 1.37 bits per heavy atom. The number of ether oxygens (including phenoxy) is 6. The van der Waals surface area contributed by atoms with Crippen molar-refractivity contribution >= 4 is 30.0 Å². The SMILES string of the molecule is COc1ccc(/C=C/C=C/[C@@H]2O[C@H](COC(C)=O)[C@@H](OC(C)=O)[C@H](OC(C)=O)[C@@H]2OC(C)=O)cc1. The summed E-state index contributed by atoms with van der Waals surface area (Å²) in [6.45, 7) is 4.49. The van der Waals surface area contributed by atoms with Crippen molar-refractivity contribution < 1.29 is 47.6 Å².